The van der Waals surface area contributed by atoms with Gasteiger partial charge in [-0.1, -0.05) is 19.0 Å². The summed E-state index contributed by atoms with van der Waals surface area (Å²) in [5.41, 5.74) is 0.434. The van der Waals surface area contributed by atoms with E-state index in [2.05, 4.69) is 25.0 Å². The molecule has 32 heavy (non-hydrogen) atoms. The van der Waals surface area contributed by atoms with Gasteiger partial charge in [-0.15, -0.1) is 0 Å². The van der Waals surface area contributed by atoms with Crippen molar-refractivity contribution in [3.8, 4) is 11.4 Å². The predicted octanol–water partition coefficient (Wildman–Crippen LogP) is 5.85. The minimum Gasteiger partial charge on any atom is -0.443 e. The number of ether oxygens (including phenoxy) is 1. The van der Waals surface area contributed by atoms with E-state index in [0.29, 0.717) is 12.2 Å². The van der Waals surface area contributed by atoms with Crippen molar-refractivity contribution in [2.75, 3.05) is 5.32 Å². The molecule has 176 valence electrons. The minimum absolute atomic E-state index is 0.00398. The Labute approximate surface area is 184 Å². The Balaban J connectivity index is 0.00000176. The van der Waals surface area contributed by atoms with Crippen molar-refractivity contribution in [2.24, 2.45) is 0 Å². The van der Waals surface area contributed by atoms with Crippen LogP contribution in [0.3, 0.4) is 0 Å². The van der Waals surface area contributed by atoms with Crippen LogP contribution in [0.25, 0.3) is 11.4 Å². The molecule has 1 aliphatic rings. The van der Waals surface area contributed by atoms with Gasteiger partial charge >= 0.3 is 18.2 Å². The van der Waals surface area contributed by atoms with Gasteiger partial charge in [0.2, 0.25) is 5.82 Å². The van der Waals surface area contributed by atoms with Gasteiger partial charge in [0.25, 0.3) is 0 Å². The second kappa shape index (κ2) is 10.0. The predicted molar refractivity (Wildman–Crippen MR) is 112 cm³/mol. The number of amides is 1. The third-order valence-corrected chi connectivity index (χ3v) is 4.24. The van der Waals surface area contributed by atoms with E-state index < -0.39 is 23.8 Å². The lowest BCUT2D eigenvalue weighted by Crippen LogP contribution is -2.37. The third-order valence-electron chi connectivity index (χ3n) is 4.24. The molecule has 2 aromatic heterocycles. The van der Waals surface area contributed by atoms with Crippen molar-refractivity contribution >= 4 is 11.9 Å². The Morgan fingerprint density at radius 3 is 2.50 bits per heavy atom. The number of carbonyl (C=O) groups is 1. The van der Waals surface area contributed by atoms with Gasteiger partial charge in [0.1, 0.15) is 11.4 Å². The molecule has 0 spiro atoms. The number of anilines is 1. The van der Waals surface area contributed by atoms with E-state index in [0.717, 1.165) is 12.1 Å². The highest BCUT2D eigenvalue weighted by molar-refractivity contribution is 5.71. The van der Waals surface area contributed by atoms with Crippen LogP contribution in [0.5, 0.6) is 0 Å². The summed E-state index contributed by atoms with van der Waals surface area (Å²) in [5, 5.41) is 6.32. The molecule has 0 aromatic carbocycles. The van der Waals surface area contributed by atoms with Crippen LogP contribution >= 0.6 is 0 Å². The van der Waals surface area contributed by atoms with Gasteiger partial charge in [-0.05, 0) is 52.7 Å². The SMILES string of the molecule is CC.CC1CC/C(=C\Nc2ccc(-c3noc(C(F)(F)F)n3)cn2)N1C(=O)OC(C)(C)C. The number of aromatic nitrogens is 3. The van der Waals surface area contributed by atoms with Crippen LogP contribution in [-0.2, 0) is 10.9 Å². The van der Waals surface area contributed by atoms with E-state index in [1.165, 1.54) is 12.3 Å². The van der Waals surface area contributed by atoms with E-state index in [4.69, 9.17) is 4.74 Å². The Morgan fingerprint density at radius 2 is 1.97 bits per heavy atom. The highest BCUT2D eigenvalue weighted by Gasteiger charge is 2.38. The molecule has 0 radical (unpaired) electrons. The Bertz CT molecular complexity index is 933. The summed E-state index contributed by atoms with van der Waals surface area (Å²) < 4.78 is 47.4. The van der Waals surface area contributed by atoms with E-state index in [1.54, 1.807) is 37.9 Å². The first-order valence-electron chi connectivity index (χ1n) is 10.3. The van der Waals surface area contributed by atoms with Crippen LogP contribution in [0.4, 0.5) is 23.8 Å². The van der Waals surface area contributed by atoms with Crippen molar-refractivity contribution < 1.29 is 27.2 Å². The molecule has 0 aliphatic carbocycles. The van der Waals surface area contributed by atoms with Crippen molar-refractivity contribution in [3.63, 3.8) is 0 Å². The fourth-order valence-corrected chi connectivity index (χ4v) is 2.86. The highest BCUT2D eigenvalue weighted by Crippen LogP contribution is 2.30. The summed E-state index contributed by atoms with van der Waals surface area (Å²) in [4.78, 5) is 21.6. The lowest BCUT2D eigenvalue weighted by atomic mass is 10.2. The quantitative estimate of drug-likeness (QED) is 0.620. The summed E-state index contributed by atoms with van der Waals surface area (Å²) >= 11 is 0. The largest absolute Gasteiger partial charge is 0.471 e. The molecule has 0 saturated carbocycles. The number of rotatable bonds is 3. The molecular weight excluding hydrogens is 427 g/mol. The van der Waals surface area contributed by atoms with Crippen molar-refractivity contribution in [1.82, 2.24) is 20.0 Å². The van der Waals surface area contributed by atoms with Crippen LogP contribution in [0.15, 0.2) is 34.7 Å². The summed E-state index contributed by atoms with van der Waals surface area (Å²) in [6, 6.07) is 3.08. The molecule has 11 heteroatoms. The fraction of sp³-hybridized carbons (Fsp3) is 0.524. The number of hydrogen-bond donors (Lipinski definition) is 1. The number of alkyl halides is 3. The lowest BCUT2D eigenvalue weighted by molar-refractivity contribution is -0.159. The fourth-order valence-electron chi connectivity index (χ4n) is 2.86. The van der Waals surface area contributed by atoms with Crippen molar-refractivity contribution in [1.29, 1.82) is 0 Å². The first kappa shape index (κ1) is 25.2. The number of halogens is 3. The van der Waals surface area contributed by atoms with E-state index in [1.807, 2.05) is 20.8 Å². The molecule has 1 fully saturated rings. The Hall–Kier alpha value is -3.11. The zero-order valence-electron chi connectivity index (χ0n) is 18.9. The maximum Gasteiger partial charge on any atom is 0.471 e. The van der Waals surface area contributed by atoms with Crippen LogP contribution in [0, 0.1) is 0 Å². The maximum atomic E-state index is 12.6. The third kappa shape index (κ3) is 6.44. The maximum absolute atomic E-state index is 12.6. The van der Waals surface area contributed by atoms with Gasteiger partial charge in [0.05, 0.1) is 0 Å². The molecule has 1 saturated heterocycles. The molecule has 0 bridgehead atoms. The van der Waals surface area contributed by atoms with Crippen LogP contribution in [0.2, 0.25) is 0 Å². The standard InChI is InChI=1S/C19H22F3N5O3.C2H6/c1-11-5-7-13(27(11)17(28)29-18(2,3)4)10-24-14-8-6-12(9-23-14)15-25-16(30-26-15)19(20,21)22;1-2/h6,8-11H,5,7H2,1-4H3,(H,23,24);1-2H3/b13-10+;. The molecule has 2 aromatic rings. The van der Waals surface area contributed by atoms with E-state index >= 15 is 0 Å². The summed E-state index contributed by atoms with van der Waals surface area (Å²) in [6.07, 6.45) is -0.626. The van der Waals surface area contributed by atoms with Crippen molar-refractivity contribution in [3.05, 3.63) is 36.1 Å². The first-order chi connectivity index (χ1) is 14.9. The van der Waals surface area contributed by atoms with E-state index in [9.17, 15) is 18.0 Å². The molecular formula is C21H28F3N5O3. The van der Waals surface area contributed by atoms with Crippen LogP contribution in [-0.4, -0.2) is 37.8 Å². The van der Waals surface area contributed by atoms with Gasteiger partial charge in [-0.2, -0.15) is 18.2 Å². The topological polar surface area (TPSA) is 93.4 Å². The number of carbonyl (C=O) groups excluding carboxylic acids is 1. The van der Waals surface area contributed by atoms with Crippen LogP contribution in [0.1, 0.15) is 60.3 Å². The molecule has 1 unspecified atom stereocenters. The summed E-state index contributed by atoms with van der Waals surface area (Å²) in [6.45, 7) is 11.4. The van der Waals surface area contributed by atoms with Gasteiger partial charge < -0.3 is 14.6 Å². The Morgan fingerprint density at radius 1 is 1.28 bits per heavy atom. The van der Waals surface area contributed by atoms with Gasteiger partial charge in [-0.25, -0.2) is 9.78 Å². The monoisotopic (exact) mass is 455 g/mol. The number of allylic oxidation sites excluding steroid dienone is 1. The van der Waals surface area contributed by atoms with Crippen molar-refractivity contribution in [2.45, 2.75) is 72.2 Å². The van der Waals surface area contributed by atoms with Gasteiger partial charge in [0, 0.05) is 29.7 Å². The van der Waals surface area contributed by atoms with Crippen LogP contribution < -0.4 is 5.32 Å². The normalized spacial score (nSPS) is 17.7. The van der Waals surface area contributed by atoms with E-state index in [-0.39, 0.29) is 17.4 Å². The van der Waals surface area contributed by atoms with Gasteiger partial charge in [-0.3, -0.25) is 4.90 Å². The van der Waals surface area contributed by atoms with Gasteiger partial charge in [0.15, 0.2) is 0 Å². The number of hydrogen-bond acceptors (Lipinski definition) is 7. The summed E-state index contributed by atoms with van der Waals surface area (Å²) in [5.74, 6) is -1.18. The number of pyridine rings is 1. The molecule has 1 N–H and O–H groups in total. The molecule has 3 rings (SSSR count). The minimum atomic E-state index is -4.70. The zero-order valence-corrected chi connectivity index (χ0v) is 18.9. The Kier molecular flexibility index (Phi) is 7.87. The zero-order chi connectivity index (χ0) is 24.1. The first-order valence-corrected chi connectivity index (χ1v) is 10.3. The number of nitrogens with one attached hydrogen (secondary N) is 1. The average molecular weight is 455 g/mol. The molecule has 8 nitrogen and oxygen atoms in total. The highest BCUT2D eigenvalue weighted by atomic mass is 19.4. The lowest BCUT2D eigenvalue weighted by Gasteiger charge is -2.27. The molecule has 1 atom stereocenters. The molecule has 1 aliphatic heterocycles. The molecule has 3 heterocycles. The smallest absolute Gasteiger partial charge is 0.443 e. The number of likely N-dealkylation sites (tertiary alicyclic amines) is 1. The average Bonchev–Trinajstić information content (AvgIpc) is 3.34. The summed E-state index contributed by atoms with van der Waals surface area (Å²) in [7, 11) is 0. The second-order valence-corrected chi connectivity index (χ2v) is 7.87. The number of nitrogens with zero attached hydrogens (tertiary/aromatic N) is 4. The second-order valence-electron chi connectivity index (χ2n) is 7.87. The molecule has 1 amide bonds.